The van der Waals surface area contributed by atoms with Gasteiger partial charge in [0.15, 0.2) is 0 Å². The molecule has 1 aromatic rings. The van der Waals surface area contributed by atoms with Gasteiger partial charge in [-0.05, 0) is 18.1 Å². The smallest absolute Gasteiger partial charge is 0.0449 e. The van der Waals surface area contributed by atoms with E-state index in [1.54, 1.807) is 0 Å². The van der Waals surface area contributed by atoms with Crippen molar-refractivity contribution in [3.05, 3.63) is 30.1 Å². The van der Waals surface area contributed by atoms with Crippen LogP contribution < -0.4 is 5.73 Å². The largest absolute Gasteiger partial charge is 0.330 e. The Hall–Kier alpha value is -0.890. The SMILES string of the molecule is CC(C)[C@H](CN)c1ccccn1. The first-order valence-corrected chi connectivity index (χ1v) is 4.36. The summed E-state index contributed by atoms with van der Waals surface area (Å²) in [5, 5.41) is 0. The number of hydrogen-bond acceptors (Lipinski definition) is 2. The number of rotatable bonds is 3. The van der Waals surface area contributed by atoms with Crippen LogP contribution in [-0.2, 0) is 0 Å². The van der Waals surface area contributed by atoms with Crippen molar-refractivity contribution in [1.82, 2.24) is 4.98 Å². The summed E-state index contributed by atoms with van der Waals surface area (Å²) < 4.78 is 0. The minimum absolute atomic E-state index is 0.395. The standard InChI is InChI=1S/C10H16N2/c1-8(2)9(7-11)10-5-3-4-6-12-10/h3-6,8-9H,7,11H2,1-2H3/t9-/m0/s1. The van der Waals surface area contributed by atoms with Gasteiger partial charge in [0.25, 0.3) is 0 Å². The molecular weight excluding hydrogens is 148 g/mol. The van der Waals surface area contributed by atoms with Crippen LogP contribution in [0, 0.1) is 5.92 Å². The van der Waals surface area contributed by atoms with Crippen molar-refractivity contribution in [1.29, 1.82) is 0 Å². The van der Waals surface area contributed by atoms with Crippen LogP contribution >= 0.6 is 0 Å². The van der Waals surface area contributed by atoms with E-state index in [2.05, 4.69) is 18.8 Å². The molecule has 1 aromatic heterocycles. The molecule has 0 aliphatic rings. The van der Waals surface area contributed by atoms with Crippen LogP contribution in [0.3, 0.4) is 0 Å². The molecule has 0 unspecified atom stereocenters. The highest BCUT2D eigenvalue weighted by Gasteiger charge is 2.13. The first-order chi connectivity index (χ1) is 5.75. The van der Waals surface area contributed by atoms with Gasteiger partial charge in [-0.2, -0.15) is 0 Å². The molecule has 0 bridgehead atoms. The van der Waals surface area contributed by atoms with Gasteiger partial charge in [-0.1, -0.05) is 19.9 Å². The maximum Gasteiger partial charge on any atom is 0.0449 e. The highest BCUT2D eigenvalue weighted by molar-refractivity contribution is 5.10. The zero-order valence-corrected chi connectivity index (χ0v) is 7.70. The Kier molecular flexibility index (Phi) is 3.23. The zero-order chi connectivity index (χ0) is 8.97. The van der Waals surface area contributed by atoms with Gasteiger partial charge < -0.3 is 5.73 Å². The molecule has 12 heavy (non-hydrogen) atoms. The van der Waals surface area contributed by atoms with E-state index in [9.17, 15) is 0 Å². The number of nitrogens with zero attached hydrogens (tertiary/aromatic N) is 1. The summed E-state index contributed by atoms with van der Waals surface area (Å²) in [5.41, 5.74) is 6.77. The molecule has 0 aromatic carbocycles. The summed E-state index contributed by atoms with van der Waals surface area (Å²) in [5.74, 6) is 0.955. The maximum absolute atomic E-state index is 5.67. The highest BCUT2D eigenvalue weighted by atomic mass is 14.7. The van der Waals surface area contributed by atoms with E-state index in [0.717, 1.165) is 5.69 Å². The summed E-state index contributed by atoms with van der Waals surface area (Å²) in [6, 6.07) is 5.97. The van der Waals surface area contributed by atoms with E-state index in [1.165, 1.54) is 0 Å². The Balaban J connectivity index is 2.80. The van der Waals surface area contributed by atoms with E-state index >= 15 is 0 Å². The molecule has 0 fully saturated rings. The third-order valence-corrected chi connectivity index (χ3v) is 2.13. The van der Waals surface area contributed by atoms with Crippen molar-refractivity contribution in [2.75, 3.05) is 6.54 Å². The Bertz CT molecular complexity index is 219. The van der Waals surface area contributed by atoms with E-state index in [4.69, 9.17) is 5.73 Å². The number of pyridine rings is 1. The first kappa shape index (κ1) is 9.20. The molecule has 0 aliphatic carbocycles. The van der Waals surface area contributed by atoms with Crippen molar-refractivity contribution in [2.45, 2.75) is 19.8 Å². The predicted octanol–water partition coefficient (Wildman–Crippen LogP) is 1.78. The lowest BCUT2D eigenvalue weighted by atomic mass is 9.92. The summed E-state index contributed by atoms with van der Waals surface area (Å²) in [6.07, 6.45) is 1.82. The third kappa shape index (κ3) is 2.05. The van der Waals surface area contributed by atoms with Crippen molar-refractivity contribution >= 4 is 0 Å². The normalized spacial score (nSPS) is 13.3. The molecule has 2 nitrogen and oxygen atoms in total. The summed E-state index contributed by atoms with van der Waals surface area (Å²) in [7, 11) is 0. The van der Waals surface area contributed by atoms with E-state index in [0.29, 0.717) is 18.4 Å². The topological polar surface area (TPSA) is 38.9 Å². The van der Waals surface area contributed by atoms with Crippen LogP contribution in [0.15, 0.2) is 24.4 Å². The molecule has 0 amide bonds. The number of nitrogens with two attached hydrogens (primary N) is 1. The van der Waals surface area contributed by atoms with Crippen LogP contribution in [0.2, 0.25) is 0 Å². The van der Waals surface area contributed by atoms with E-state index < -0.39 is 0 Å². The van der Waals surface area contributed by atoms with Crippen LogP contribution in [0.5, 0.6) is 0 Å². The predicted molar refractivity (Wildman–Crippen MR) is 50.9 cm³/mol. The van der Waals surface area contributed by atoms with Gasteiger partial charge in [0, 0.05) is 24.4 Å². The van der Waals surface area contributed by atoms with Crippen LogP contribution in [0.1, 0.15) is 25.5 Å². The molecule has 0 saturated heterocycles. The minimum Gasteiger partial charge on any atom is -0.330 e. The maximum atomic E-state index is 5.67. The molecule has 0 saturated carbocycles. The average molecular weight is 164 g/mol. The van der Waals surface area contributed by atoms with Crippen molar-refractivity contribution in [3.63, 3.8) is 0 Å². The van der Waals surface area contributed by atoms with Gasteiger partial charge in [0.1, 0.15) is 0 Å². The Morgan fingerprint density at radius 2 is 2.17 bits per heavy atom. The van der Waals surface area contributed by atoms with E-state index in [1.807, 2.05) is 24.4 Å². The molecule has 66 valence electrons. The minimum atomic E-state index is 0.395. The Morgan fingerprint density at radius 1 is 1.42 bits per heavy atom. The zero-order valence-electron chi connectivity index (χ0n) is 7.70. The second kappa shape index (κ2) is 4.21. The summed E-state index contributed by atoms with van der Waals surface area (Å²) in [4.78, 5) is 4.29. The van der Waals surface area contributed by atoms with Crippen LogP contribution in [-0.4, -0.2) is 11.5 Å². The summed E-state index contributed by atoms with van der Waals surface area (Å²) >= 11 is 0. The molecule has 0 spiro atoms. The van der Waals surface area contributed by atoms with Crippen molar-refractivity contribution in [3.8, 4) is 0 Å². The van der Waals surface area contributed by atoms with Gasteiger partial charge in [-0.3, -0.25) is 4.98 Å². The van der Waals surface area contributed by atoms with Crippen molar-refractivity contribution < 1.29 is 0 Å². The van der Waals surface area contributed by atoms with Crippen molar-refractivity contribution in [2.24, 2.45) is 11.7 Å². The third-order valence-electron chi connectivity index (χ3n) is 2.13. The molecule has 0 radical (unpaired) electrons. The molecule has 2 heteroatoms. The lowest BCUT2D eigenvalue weighted by Gasteiger charge is -2.17. The van der Waals surface area contributed by atoms with Gasteiger partial charge >= 0.3 is 0 Å². The Labute approximate surface area is 73.8 Å². The van der Waals surface area contributed by atoms with Gasteiger partial charge in [-0.25, -0.2) is 0 Å². The lowest BCUT2D eigenvalue weighted by molar-refractivity contribution is 0.496. The number of hydrogen-bond donors (Lipinski definition) is 1. The highest BCUT2D eigenvalue weighted by Crippen LogP contribution is 2.20. The molecule has 2 N–H and O–H groups in total. The van der Waals surface area contributed by atoms with E-state index in [-0.39, 0.29) is 0 Å². The fourth-order valence-electron chi connectivity index (χ4n) is 1.33. The monoisotopic (exact) mass is 164 g/mol. The lowest BCUT2D eigenvalue weighted by Crippen LogP contribution is -2.18. The molecule has 1 atom stereocenters. The number of aromatic nitrogens is 1. The van der Waals surface area contributed by atoms with Crippen LogP contribution in [0.4, 0.5) is 0 Å². The van der Waals surface area contributed by atoms with Gasteiger partial charge in [0.2, 0.25) is 0 Å². The van der Waals surface area contributed by atoms with Gasteiger partial charge in [0.05, 0.1) is 0 Å². The first-order valence-electron chi connectivity index (χ1n) is 4.36. The summed E-state index contributed by atoms with van der Waals surface area (Å²) in [6.45, 7) is 5.02. The molecule has 1 heterocycles. The average Bonchev–Trinajstić information content (AvgIpc) is 2.07. The second-order valence-corrected chi connectivity index (χ2v) is 3.34. The Morgan fingerprint density at radius 3 is 2.58 bits per heavy atom. The molecule has 0 aliphatic heterocycles. The van der Waals surface area contributed by atoms with Crippen LogP contribution in [0.25, 0.3) is 0 Å². The molecule has 1 rings (SSSR count). The molecular formula is C10H16N2. The van der Waals surface area contributed by atoms with Gasteiger partial charge in [-0.15, -0.1) is 0 Å². The second-order valence-electron chi connectivity index (χ2n) is 3.34. The fraction of sp³-hybridized carbons (Fsp3) is 0.500. The quantitative estimate of drug-likeness (QED) is 0.739. The fourth-order valence-corrected chi connectivity index (χ4v) is 1.33.